The molecule has 19 heavy (non-hydrogen) atoms. The van der Waals surface area contributed by atoms with Gasteiger partial charge in [0.1, 0.15) is 0 Å². The summed E-state index contributed by atoms with van der Waals surface area (Å²) in [5.41, 5.74) is 7.80. The molecule has 2 rings (SSSR count). The van der Waals surface area contributed by atoms with Crippen LogP contribution < -0.4 is 5.73 Å². The summed E-state index contributed by atoms with van der Waals surface area (Å²) in [6.07, 6.45) is 2.69. The molecule has 1 heterocycles. The Hall–Kier alpha value is -1.30. The number of hydrogen-bond donors (Lipinski definition) is 1. The van der Waals surface area contributed by atoms with E-state index in [4.69, 9.17) is 5.73 Å². The Morgan fingerprint density at radius 3 is 2.68 bits per heavy atom. The summed E-state index contributed by atoms with van der Waals surface area (Å²) < 4.78 is 0. The van der Waals surface area contributed by atoms with Gasteiger partial charge in [-0.15, -0.1) is 0 Å². The van der Waals surface area contributed by atoms with Crippen molar-refractivity contribution in [3.05, 3.63) is 35.4 Å². The van der Waals surface area contributed by atoms with E-state index in [1.807, 2.05) is 0 Å². The summed E-state index contributed by atoms with van der Waals surface area (Å²) in [5, 5.41) is 0. The van der Waals surface area contributed by atoms with Crippen molar-refractivity contribution in [1.82, 2.24) is 4.90 Å². The third-order valence-electron chi connectivity index (χ3n) is 4.18. The molecule has 1 fully saturated rings. The smallest absolute Gasteiger partial charge is 0.0555 e. The first kappa shape index (κ1) is 14.1. The SMILES string of the molecule is CC1CCCN(Cc2ccc(C#CCN)cc2)C1C. The fraction of sp³-hybridized carbons (Fsp3) is 0.529. The van der Waals surface area contributed by atoms with Gasteiger partial charge in [0, 0.05) is 18.2 Å². The van der Waals surface area contributed by atoms with Gasteiger partial charge in [0.05, 0.1) is 6.54 Å². The average Bonchev–Trinajstić information content (AvgIpc) is 2.43. The minimum atomic E-state index is 0.422. The average molecular weight is 256 g/mol. The van der Waals surface area contributed by atoms with E-state index >= 15 is 0 Å². The molecule has 1 aromatic rings. The molecule has 1 aromatic carbocycles. The molecule has 0 spiro atoms. The fourth-order valence-electron chi connectivity index (χ4n) is 2.73. The Bertz CT molecular complexity index is 452. The van der Waals surface area contributed by atoms with Crippen molar-refractivity contribution in [2.75, 3.05) is 13.1 Å². The lowest BCUT2D eigenvalue weighted by molar-refractivity contribution is 0.106. The number of hydrogen-bond acceptors (Lipinski definition) is 2. The standard InChI is InChI=1S/C17H24N2/c1-14-5-4-12-19(15(14)2)13-17-9-7-16(8-10-17)6-3-11-18/h7-10,14-15H,4-5,11-13,18H2,1-2H3. The number of nitrogens with two attached hydrogens (primary N) is 1. The minimum absolute atomic E-state index is 0.422. The van der Waals surface area contributed by atoms with Crippen LogP contribution in [0.1, 0.15) is 37.8 Å². The van der Waals surface area contributed by atoms with Crippen LogP contribution in [0.3, 0.4) is 0 Å². The van der Waals surface area contributed by atoms with Gasteiger partial charge in [-0.2, -0.15) is 0 Å². The molecule has 2 heteroatoms. The molecule has 0 saturated carbocycles. The van der Waals surface area contributed by atoms with Gasteiger partial charge in [-0.05, 0) is 49.9 Å². The van der Waals surface area contributed by atoms with Crippen LogP contribution in [0.2, 0.25) is 0 Å². The topological polar surface area (TPSA) is 29.3 Å². The lowest BCUT2D eigenvalue weighted by atomic mass is 9.91. The van der Waals surface area contributed by atoms with Gasteiger partial charge in [-0.25, -0.2) is 0 Å². The van der Waals surface area contributed by atoms with Crippen molar-refractivity contribution in [3.8, 4) is 11.8 Å². The highest BCUT2D eigenvalue weighted by Crippen LogP contribution is 2.24. The molecule has 2 N–H and O–H groups in total. The highest BCUT2D eigenvalue weighted by molar-refractivity contribution is 5.36. The van der Waals surface area contributed by atoms with Crippen LogP contribution in [-0.4, -0.2) is 24.0 Å². The zero-order valence-corrected chi connectivity index (χ0v) is 12.0. The van der Waals surface area contributed by atoms with Crippen molar-refractivity contribution < 1.29 is 0 Å². The van der Waals surface area contributed by atoms with Crippen molar-refractivity contribution in [1.29, 1.82) is 0 Å². The van der Waals surface area contributed by atoms with Gasteiger partial charge in [0.2, 0.25) is 0 Å². The molecule has 2 atom stereocenters. The zero-order chi connectivity index (χ0) is 13.7. The van der Waals surface area contributed by atoms with E-state index in [1.54, 1.807) is 0 Å². The van der Waals surface area contributed by atoms with Crippen LogP contribution >= 0.6 is 0 Å². The van der Waals surface area contributed by atoms with Gasteiger partial charge in [-0.3, -0.25) is 4.90 Å². The summed E-state index contributed by atoms with van der Waals surface area (Å²) in [6, 6.07) is 9.25. The summed E-state index contributed by atoms with van der Waals surface area (Å²) in [5.74, 6) is 6.76. The molecule has 0 aliphatic carbocycles. The van der Waals surface area contributed by atoms with E-state index in [1.165, 1.54) is 24.9 Å². The molecule has 2 unspecified atom stereocenters. The first-order valence-corrected chi connectivity index (χ1v) is 7.22. The van der Waals surface area contributed by atoms with Crippen molar-refractivity contribution in [2.45, 2.75) is 39.3 Å². The van der Waals surface area contributed by atoms with E-state index in [0.29, 0.717) is 12.6 Å². The first-order chi connectivity index (χ1) is 9.20. The normalized spacial score (nSPS) is 23.7. The molecular weight excluding hydrogens is 232 g/mol. The number of likely N-dealkylation sites (tertiary alicyclic amines) is 1. The number of rotatable bonds is 2. The summed E-state index contributed by atoms with van der Waals surface area (Å²) >= 11 is 0. The van der Waals surface area contributed by atoms with Gasteiger partial charge in [-0.1, -0.05) is 30.9 Å². The maximum Gasteiger partial charge on any atom is 0.0555 e. The highest BCUT2D eigenvalue weighted by atomic mass is 15.2. The maximum atomic E-state index is 5.38. The Morgan fingerprint density at radius 2 is 2.00 bits per heavy atom. The number of nitrogens with zero attached hydrogens (tertiary/aromatic N) is 1. The van der Waals surface area contributed by atoms with Crippen LogP contribution in [0, 0.1) is 17.8 Å². The summed E-state index contributed by atoms with van der Waals surface area (Å²) in [4.78, 5) is 2.59. The summed E-state index contributed by atoms with van der Waals surface area (Å²) in [7, 11) is 0. The van der Waals surface area contributed by atoms with Crippen molar-refractivity contribution >= 4 is 0 Å². The molecule has 0 radical (unpaired) electrons. The Kier molecular flexibility index (Phi) is 5.01. The predicted molar refractivity (Wildman–Crippen MR) is 80.6 cm³/mol. The Labute approximate surface area is 117 Å². The van der Waals surface area contributed by atoms with Crippen LogP contribution in [0.25, 0.3) is 0 Å². The highest BCUT2D eigenvalue weighted by Gasteiger charge is 2.24. The van der Waals surface area contributed by atoms with Gasteiger partial charge < -0.3 is 5.73 Å². The zero-order valence-electron chi connectivity index (χ0n) is 12.0. The third-order valence-corrected chi connectivity index (χ3v) is 4.18. The van der Waals surface area contributed by atoms with Crippen LogP contribution in [0.5, 0.6) is 0 Å². The van der Waals surface area contributed by atoms with E-state index in [9.17, 15) is 0 Å². The lowest BCUT2D eigenvalue weighted by Crippen LogP contribution is -2.41. The Balaban J connectivity index is 1.99. The van der Waals surface area contributed by atoms with Crippen molar-refractivity contribution in [2.24, 2.45) is 11.7 Å². The molecule has 1 saturated heterocycles. The van der Waals surface area contributed by atoms with E-state index < -0.39 is 0 Å². The van der Waals surface area contributed by atoms with Gasteiger partial charge >= 0.3 is 0 Å². The minimum Gasteiger partial charge on any atom is -0.320 e. The third kappa shape index (κ3) is 3.83. The maximum absolute atomic E-state index is 5.38. The van der Waals surface area contributed by atoms with E-state index in [2.05, 4.69) is 54.9 Å². The number of piperidine rings is 1. The second-order valence-electron chi connectivity index (χ2n) is 5.53. The largest absolute Gasteiger partial charge is 0.320 e. The monoisotopic (exact) mass is 256 g/mol. The second-order valence-corrected chi connectivity index (χ2v) is 5.53. The van der Waals surface area contributed by atoms with Gasteiger partial charge in [0.25, 0.3) is 0 Å². The van der Waals surface area contributed by atoms with E-state index in [-0.39, 0.29) is 0 Å². The predicted octanol–water partition coefficient (Wildman–Crippen LogP) is 2.62. The summed E-state index contributed by atoms with van der Waals surface area (Å²) in [6.45, 7) is 7.41. The van der Waals surface area contributed by atoms with Crippen LogP contribution in [0.15, 0.2) is 24.3 Å². The number of benzene rings is 1. The molecule has 0 amide bonds. The second kappa shape index (κ2) is 6.75. The van der Waals surface area contributed by atoms with E-state index in [0.717, 1.165) is 18.0 Å². The Morgan fingerprint density at radius 1 is 1.26 bits per heavy atom. The quantitative estimate of drug-likeness (QED) is 0.824. The van der Waals surface area contributed by atoms with Crippen LogP contribution in [-0.2, 0) is 6.54 Å². The molecule has 0 aromatic heterocycles. The molecule has 2 nitrogen and oxygen atoms in total. The lowest BCUT2D eigenvalue weighted by Gasteiger charge is -2.38. The first-order valence-electron chi connectivity index (χ1n) is 7.22. The molecule has 1 aliphatic heterocycles. The molecule has 1 aliphatic rings. The molecule has 102 valence electrons. The molecule has 0 bridgehead atoms. The van der Waals surface area contributed by atoms with Crippen molar-refractivity contribution in [3.63, 3.8) is 0 Å². The van der Waals surface area contributed by atoms with Gasteiger partial charge in [0.15, 0.2) is 0 Å². The fourth-order valence-corrected chi connectivity index (χ4v) is 2.73. The molecular formula is C17H24N2. The van der Waals surface area contributed by atoms with Crippen LogP contribution in [0.4, 0.5) is 0 Å².